The van der Waals surface area contributed by atoms with Gasteiger partial charge in [-0.3, -0.25) is 4.21 Å². The highest BCUT2D eigenvalue weighted by Gasteiger charge is 2.11. The zero-order valence-corrected chi connectivity index (χ0v) is 12.7. The van der Waals surface area contributed by atoms with Gasteiger partial charge in [0.15, 0.2) is 0 Å². The summed E-state index contributed by atoms with van der Waals surface area (Å²) in [5.41, 5.74) is 0.296. The molecule has 0 aliphatic carbocycles. The molecule has 7 nitrogen and oxygen atoms in total. The maximum Gasteiger partial charge on any atom is 0.335 e. The van der Waals surface area contributed by atoms with Crippen LogP contribution in [0.15, 0.2) is 18.2 Å². The summed E-state index contributed by atoms with van der Waals surface area (Å²) in [5.74, 6) is 0.167. The Bertz CT molecular complexity index is 547. The monoisotopic (exact) mass is 314 g/mol. The number of methoxy groups -OCH3 is 1. The molecule has 0 spiro atoms. The summed E-state index contributed by atoms with van der Waals surface area (Å²) < 4.78 is 16.3. The number of carboxylic acid groups (broad SMARTS) is 1. The van der Waals surface area contributed by atoms with E-state index in [4.69, 9.17) is 9.84 Å². The fourth-order valence-corrected chi connectivity index (χ4v) is 2.15. The molecule has 0 aromatic heterocycles. The molecule has 116 valence electrons. The number of carbonyl (C=O) groups excluding carboxylic acids is 1. The Hall–Kier alpha value is -2.09. The molecule has 21 heavy (non-hydrogen) atoms. The second-order valence-electron chi connectivity index (χ2n) is 4.03. The molecule has 1 aromatic rings. The number of rotatable bonds is 7. The molecule has 0 bridgehead atoms. The van der Waals surface area contributed by atoms with E-state index in [1.54, 1.807) is 6.92 Å². The summed E-state index contributed by atoms with van der Waals surface area (Å²) >= 11 is 0. The third kappa shape index (κ3) is 5.42. The molecular weight excluding hydrogens is 296 g/mol. The van der Waals surface area contributed by atoms with Crippen molar-refractivity contribution in [3.63, 3.8) is 0 Å². The van der Waals surface area contributed by atoms with Crippen LogP contribution in [0.1, 0.15) is 17.3 Å². The average Bonchev–Trinajstić information content (AvgIpc) is 2.46. The lowest BCUT2D eigenvalue weighted by Crippen LogP contribution is -2.32. The second kappa shape index (κ2) is 8.25. The van der Waals surface area contributed by atoms with Crippen molar-refractivity contribution >= 4 is 28.5 Å². The molecular formula is C13H18N2O5S. The standard InChI is InChI=1S/C13H18N2O5S/c1-3-21(19)7-6-14-13(18)15-10-8-9(12(16)17)4-5-11(10)20-2/h4-5,8H,3,6-7H2,1-2H3,(H,16,17)(H2,14,15,18). The number of ether oxygens (including phenoxy) is 1. The Morgan fingerprint density at radius 3 is 2.67 bits per heavy atom. The second-order valence-corrected chi connectivity index (χ2v) is 5.90. The number of amides is 2. The molecule has 8 heteroatoms. The van der Waals surface area contributed by atoms with E-state index in [9.17, 15) is 13.8 Å². The van der Waals surface area contributed by atoms with E-state index in [-0.39, 0.29) is 17.8 Å². The van der Waals surface area contributed by atoms with Gasteiger partial charge >= 0.3 is 12.0 Å². The van der Waals surface area contributed by atoms with Crippen LogP contribution < -0.4 is 15.4 Å². The molecule has 0 fully saturated rings. The first-order valence-corrected chi connectivity index (χ1v) is 7.77. The highest BCUT2D eigenvalue weighted by atomic mass is 32.2. The van der Waals surface area contributed by atoms with Gasteiger partial charge in [-0.05, 0) is 18.2 Å². The first kappa shape index (κ1) is 17.0. The summed E-state index contributed by atoms with van der Waals surface area (Å²) in [4.78, 5) is 22.6. The first-order valence-electron chi connectivity index (χ1n) is 6.29. The van der Waals surface area contributed by atoms with Crippen LogP contribution >= 0.6 is 0 Å². The Morgan fingerprint density at radius 1 is 1.38 bits per heavy atom. The summed E-state index contributed by atoms with van der Waals surface area (Å²) in [6, 6.07) is 3.65. The smallest absolute Gasteiger partial charge is 0.335 e. The van der Waals surface area contributed by atoms with Crippen molar-refractivity contribution in [3.8, 4) is 5.75 Å². The zero-order valence-electron chi connectivity index (χ0n) is 11.8. The number of carboxylic acids is 1. The van der Waals surface area contributed by atoms with Crippen LogP contribution in [0.5, 0.6) is 5.75 Å². The van der Waals surface area contributed by atoms with Gasteiger partial charge in [0.1, 0.15) is 5.75 Å². The lowest BCUT2D eigenvalue weighted by molar-refractivity contribution is 0.0697. The van der Waals surface area contributed by atoms with Crippen molar-refractivity contribution < 1.29 is 23.6 Å². The molecule has 0 saturated heterocycles. The van der Waals surface area contributed by atoms with E-state index in [0.717, 1.165) is 0 Å². The Kier molecular flexibility index (Phi) is 6.67. The van der Waals surface area contributed by atoms with Crippen LogP contribution in [-0.2, 0) is 10.8 Å². The SMILES string of the molecule is CCS(=O)CCNC(=O)Nc1cc(C(=O)O)ccc1OC. The maximum atomic E-state index is 11.7. The zero-order chi connectivity index (χ0) is 15.8. The summed E-state index contributed by atoms with van der Waals surface area (Å²) in [6.07, 6.45) is 0. The van der Waals surface area contributed by atoms with Crippen LogP contribution in [0.2, 0.25) is 0 Å². The molecule has 1 aromatic carbocycles. The van der Waals surface area contributed by atoms with E-state index >= 15 is 0 Å². The van der Waals surface area contributed by atoms with Gasteiger partial charge in [-0.15, -0.1) is 0 Å². The van der Waals surface area contributed by atoms with Crippen molar-refractivity contribution in [2.45, 2.75) is 6.92 Å². The maximum absolute atomic E-state index is 11.7. The van der Waals surface area contributed by atoms with Crippen LogP contribution in [0.3, 0.4) is 0 Å². The van der Waals surface area contributed by atoms with Gasteiger partial charge in [-0.25, -0.2) is 9.59 Å². The fraction of sp³-hybridized carbons (Fsp3) is 0.385. The van der Waals surface area contributed by atoms with Crippen molar-refractivity contribution in [1.29, 1.82) is 0 Å². The molecule has 1 rings (SSSR count). The molecule has 0 heterocycles. The Morgan fingerprint density at radius 2 is 2.10 bits per heavy atom. The number of hydrogen-bond acceptors (Lipinski definition) is 4. The highest BCUT2D eigenvalue weighted by molar-refractivity contribution is 7.84. The minimum Gasteiger partial charge on any atom is -0.495 e. The largest absolute Gasteiger partial charge is 0.495 e. The molecule has 1 unspecified atom stereocenters. The van der Waals surface area contributed by atoms with Crippen molar-refractivity contribution in [2.75, 3.05) is 30.5 Å². The number of nitrogens with one attached hydrogen (secondary N) is 2. The number of hydrogen-bond donors (Lipinski definition) is 3. The highest BCUT2D eigenvalue weighted by Crippen LogP contribution is 2.25. The number of carbonyl (C=O) groups is 2. The quantitative estimate of drug-likeness (QED) is 0.703. The minimum atomic E-state index is -1.10. The number of benzene rings is 1. The number of anilines is 1. The third-order valence-corrected chi connectivity index (χ3v) is 3.94. The lowest BCUT2D eigenvalue weighted by atomic mass is 10.2. The molecule has 0 aliphatic rings. The Balaban J connectivity index is 2.67. The topological polar surface area (TPSA) is 105 Å². The van der Waals surface area contributed by atoms with Gasteiger partial charge in [0.2, 0.25) is 0 Å². The van der Waals surface area contributed by atoms with E-state index in [1.807, 2.05) is 0 Å². The van der Waals surface area contributed by atoms with Crippen LogP contribution in [-0.4, -0.2) is 46.5 Å². The first-order chi connectivity index (χ1) is 9.97. The molecule has 0 saturated carbocycles. The van der Waals surface area contributed by atoms with E-state index < -0.39 is 22.8 Å². The van der Waals surface area contributed by atoms with E-state index in [2.05, 4.69) is 10.6 Å². The molecule has 3 N–H and O–H groups in total. The molecule has 1 atom stereocenters. The summed E-state index contributed by atoms with van der Waals surface area (Å²) in [5, 5.41) is 14.0. The van der Waals surface area contributed by atoms with Crippen molar-refractivity contribution in [2.24, 2.45) is 0 Å². The van der Waals surface area contributed by atoms with E-state index in [0.29, 0.717) is 17.3 Å². The van der Waals surface area contributed by atoms with E-state index in [1.165, 1.54) is 25.3 Å². The number of urea groups is 1. The normalized spacial score (nSPS) is 11.5. The summed E-state index contributed by atoms with van der Waals surface area (Å²) in [6.45, 7) is 2.08. The van der Waals surface area contributed by atoms with Gasteiger partial charge in [0.05, 0.1) is 18.4 Å². The molecule has 0 aliphatic heterocycles. The molecule has 2 amide bonds. The molecule has 0 radical (unpaired) electrons. The Labute approximate surface area is 125 Å². The van der Waals surface area contributed by atoms with Gasteiger partial charge < -0.3 is 20.5 Å². The minimum absolute atomic E-state index is 0.0400. The predicted octanol–water partition coefficient (Wildman–Crippen LogP) is 1.28. The van der Waals surface area contributed by atoms with Crippen LogP contribution in [0, 0.1) is 0 Å². The summed E-state index contributed by atoms with van der Waals surface area (Å²) in [7, 11) is 0.469. The third-order valence-electron chi connectivity index (χ3n) is 2.63. The van der Waals surface area contributed by atoms with Gasteiger partial charge in [0, 0.05) is 28.9 Å². The van der Waals surface area contributed by atoms with Crippen LogP contribution in [0.25, 0.3) is 0 Å². The predicted molar refractivity (Wildman–Crippen MR) is 80.5 cm³/mol. The lowest BCUT2D eigenvalue weighted by Gasteiger charge is -2.11. The number of aromatic carboxylic acids is 1. The van der Waals surface area contributed by atoms with Crippen molar-refractivity contribution in [3.05, 3.63) is 23.8 Å². The fourth-order valence-electron chi connectivity index (χ4n) is 1.53. The van der Waals surface area contributed by atoms with Crippen molar-refractivity contribution in [1.82, 2.24) is 5.32 Å². The average molecular weight is 314 g/mol. The van der Waals surface area contributed by atoms with Gasteiger partial charge in [0.25, 0.3) is 0 Å². The van der Waals surface area contributed by atoms with Gasteiger partial charge in [-0.1, -0.05) is 6.92 Å². The van der Waals surface area contributed by atoms with Crippen LogP contribution in [0.4, 0.5) is 10.5 Å². The van der Waals surface area contributed by atoms with Gasteiger partial charge in [-0.2, -0.15) is 0 Å².